The maximum atomic E-state index is 4.32. The minimum atomic E-state index is 0.522. The molecule has 1 N–H and O–H groups in total. The van der Waals surface area contributed by atoms with E-state index in [4.69, 9.17) is 0 Å². The number of rotatable bonds is 5. The summed E-state index contributed by atoms with van der Waals surface area (Å²) in [6, 6.07) is 10.8. The van der Waals surface area contributed by atoms with Crippen LogP contribution in [-0.2, 0) is 0 Å². The Hall–Kier alpha value is -1.68. The molecule has 0 saturated carbocycles. The van der Waals surface area contributed by atoms with Crippen molar-refractivity contribution in [1.82, 2.24) is 20.1 Å². The highest BCUT2D eigenvalue weighted by Crippen LogP contribution is 2.25. The van der Waals surface area contributed by atoms with Gasteiger partial charge in [-0.2, -0.15) is 5.10 Å². The second kappa shape index (κ2) is 6.85. The first-order valence-corrected chi connectivity index (χ1v) is 7.95. The molecule has 21 heavy (non-hydrogen) atoms. The Bertz CT molecular complexity index is 523. The van der Waals surface area contributed by atoms with Crippen LogP contribution in [0.2, 0.25) is 0 Å². The highest BCUT2D eigenvalue weighted by atomic mass is 15.2. The number of benzene rings is 1. The maximum Gasteiger partial charge on any atom is 0.137 e. The van der Waals surface area contributed by atoms with E-state index in [2.05, 4.69) is 57.3 Å². The number of aromatic amines is 1. The van der Waals surface area contributed by atoms with Crippen LogP contribution in [0.25, 0.3) is 0 Å². The van der Waals surface area contributed by atoms with Crippen molar-refractivity contribution >= 4 is 0 Å². The average Bonchev–Trinajstić information content (AvgIpc) is 3.08. The Balaban J connectivity index is 1.51. The first kappa shape index (κ1) is 14.3. The van der Waals surface area contributed by atoms with Crippen molar-refractivity contribution in [3.63, 3.8) is 0 Å². The van der Waals surface area contributed by atoms with Crippen LogP contribution < -0.4 is 0 Å². The fourth-order valence-electron chi connectivity index (χ4n) is 3.22. The van der Waals surface area contributed by atoms with Gasteiger partial charge in [-0.15, -0.1) is 0 Å². The van der Waals surface area contributed by atoms with E-state index in [1.165, 1.54) is 37.9 Å². The second-order valence-electron chi connectivity index (χ2n) is 6.11. The van der Waals surface area contributed by atoms with Crippen molar-refractivity contribution in [2.24, 2.45) is 0 Å². The van der Waals surface area contributed by atoms with Crippen molar-refractivity contribution in [1.29, 1.82) is 0 Å². The number of nitrogens with zero attached hydrogens (tertiary/aromatic N) is 3. The molecule has 0 unspecified atom stereocenters. The van der Waals surface area contributed by atoms with Gasteiger partial charge in [-0.3, -0.25) is 5.10 Å². The monoisotopic (exact) mass is 284 g/mol. The van der Waals surface area contributed by atoms with E-state index in [9.17, 15) is 0 Å². The lowest BCUT2D eigenvalue weighted by Crippen LogP contribution is -2.35. The van der Waals surface area contributed by atoms with Gasteiger partial charge in [0.2, 0.25) is 0 Å². The first-order chi connectivity index (χ1) is 10.3. The van der Waals surface area contributed by atoms with Gasteiger partial charge in [-0.1, -0.05) is 37.3 Å². The van der Waals surface area contributed by atoms with Gasteiger partial charge in [0.1, 0.15) is 12.2 Å². The van der Waals surface area contributed by atoms with Gasteiger partial charge in [0, 0.05) is 12.5 Å². The Labute approximate surface area is 126 Å². The molecule has 4 nitrogen and oxygen atoms in total. The van der Waals surface area contributed by atoms with Crippen molar-refractivity contribution in [3.8, 4) is 0 Å². The van der Waals surface area contributed by atoms with Crippen molar-refractivity contribution in [3.05, 3.63) is 48.0 Å². The number of likely N-dealkylation sites (tertiary alicyclic amines) is 1. The van der Waals surface area contributed by atoms with E-state index in [-0.39, 0.29) is 0 Å². The van der Waals surface area contributed by atoms with Gasteiger partial charge < -0.3 is 4.90 Å². The molecule has 3 rings (SSSR count). The molecule has 2 heterocycles. The maximum absolute atomic E-state index is 4.32. The Morgan fingerprint density at radius 3 is 2.95 bits per heavy atom. The summed E-state index contributed by atoms with van der Waals surface area (Å²) in [5.74, 6) is 2.20. The van der Waals surface area contributed by atoms with Gasteiger partial charge in [0.25, 0.3) is 0 Å². The fraction of sp³-hybridized carbons (Fsp3) is 0.529. The molecule has 0 spiro atoms. The molecule has 1 aromatic heterocycles. The summed E-state index contributed by atoms with van der Waals surface area (Å²) in [5, 5.41) is 7.01. The number of nitrogens with one attached hydrogen (secondary N) is 1. The van der Waals surface area contributed by atoms with Crippen molar-refractivity contribution in [2.45, 2.75) is 38.0 Å². The molecule has 0 amide bonds. The Morgan fingerprint density at radius 1 is 1.33 bits per heavy atom. The highest BCUT2D eigenvalue weighted by Gasteiger charge is 2.23. The summed E-state index contributed by atoms with van der Waals surface area (Å²) in [7, 11) is 0. The standard InChI is InChI=1S/C17H24N4/c1-14(15-6-3-2-4-7-15)9-11-21-10-5-8-16(12-21)17-18-13-19-20-17/h2-4,6-7,13-14,16H,5,8-12H2,1H3,(H,18,19,20)/t14-,16+/m1/s1. The smallest absolute Gasteiger partial charge is 0.137 e. The lowest BCUT2D eigenvalue weighted by atomic mass is 9.95. The third kappa shape index (κ3) is 3.70. The van der Waals surface area contributed by atoms with E-state index >= 15 is 0 Å². The fourth-order valence-corrected chi connectivity index (χ4v) is 3.22. The molecule has 0 aliphatic carbocycles. The van der Waals surface area contributed by atoms with Crippen LogP contribution in [0.3, 0.4) is 0 Å². The van der Waals surface area contributed by atoms with E-state index < -0.39 is 0 Å². The molecule has 1 fully saturated rings. The predicted molar refractivity (Wildman–Crippen MR) is 84.3 cm³/mol. The second-order valence-corrected chi connectivity index (χ2v) is 6.11. The van der Waals surface area contributed by atoms with Gasteiger partial charge in [0.05, 0.1) is 0 Å². The summed E-state index contributed by atoms with van der Waals surface area (Å²) < 4.78 is 0. The van der Waals surface area contributed by atoms with Gasteiger partial charge in [-0.05, 0) is 43.8 Å². The summed E-state index contributed by atoms with van der Waals surface area (Å²) >= 11 is 0. The zero-order chi connectivity index (χ0) is 14.5. The topological polar surface area (TPSA) is 44.8 Å². The largest absolute Gasteiger partial charge is 0.303 e. The van der Waals surface area contributed by atoms with E-state index in [1.54, 1.807) is 6.33 Å². The number of H-pyrrole nitrogens is 1. The van der Waals surface area contributed by atoms with Gasteiger partial charge in [0.15, 0.2) is 0 Å². The van der Waals surface area contributed by atoms with Crippen LogP contribution in [0, 0.1) is 0 Å². The van der Waals surface area contributed by atoms with E-state index in [1.807, 2.05) is 0 Å². The number of hydrogen-bond donors (Lipinski definition) is 1. The van der Waals surface area contributed by atoms with Crippen LogP contribution in [0.15, 0.2) is 36.7 Å². The molecule has 1 aromatic carbocycles. The van der Waals surface area contributed by atoms with Crippen LogP contribution >= 0.6 is 0 Å². The summed E-state index contributed by atoms with van der Waals surface area (Å²) in [6.45, 7) is 5.82. The molecule has 1 aliphatic rings. The number of piperidine rings is 1. The van der Waals surface area contributed by atoms with E-state index in [0.717, 1.165) is 12.4 Å². The summed E-state index contributed by atoms with van der Waals surface area (Å²) in [6.07, 6.45) is 5.31. The SMILES string of the molecule is C[C@H](CCN1CCC[C@H](c2ncn[nH]2)C1)c1ccccc1. The molecule has 4 heteroatoms. The molecule has 112 valence electrons. The lowest BCUT2D eigenvalue weighted by Gasteiger charge is -2.32. The lowest BCUT2D eigenvalue weighted by molar-refractivity contribution is 0.199. The normalized spacial score (nSPS) is 21.3. The molecule has 1 saturated heterocycles. The molecule has 1 aliphatic heterocycles. The van der Waals surface area contributed by atoms with Gasteiger partial charge in [-0.25, -0.2) is 4.98 Å². The molecular weight excluding hydrogens is 260 g/mol. The van der Waals surface area contributed by atoms with Crippen LogP contribution in [0.4, 0.5) is 0 Å². The van der Waals surface area contributed by atoms with Crippen molar-refractivity contribution < 1.29 is 0 Å². The Morgan fingerprint density at radius 2 is 2.19 bits per heavy atom. The van der Waals surface area contributed by atoms with Crippen LogP contribution in [0.1, 0.15) is 49.4 Å². The van der Waals surface area contributed by atoms with Gasteiger partial charge >= 0.3 is 0 Å². The number of aromatic nitrogens is 3. The van der Waals surface area contributed by atoms with Crippen LogP contribution in [-0.4, -0.2) is 39.7 Å². The van der Waals surface area contributed by atoms with Crippen LogP contribution in [0.5, 0.6) is 0 Å². The average molecular weight is 284 g/mol. The first-order valence-electron chi connectivity index (χ1n) is 7.95. The summed E-state index contributed by atoms with van der Waals surface area (Å²) in [5.41, 5.74) is 1.45. The molecular formula is C17H24N4. The molecule has 0 radical (unpaired) electrons. The number of hydrogen-bond acceptors (Lipinski definition) is 3. The summed E-state index contributed by atoms with van der Waals surface area (Å²) in [4.78, 5) is 6.90. The van der Waals surface area contributed by atoms with E-state index in [0.29, 0.717) is 11.8 Å². The molecule has 0 bridgehead atoms. The molecule has 2 atom stereocenters. The quantitative estimate of drug-likeness (QED) is 0.917. The zero-order valence-corrected chi connectivity index (χ0v) is 12.7. The Kier molecular flexibility index (Phi) is 4.65. The third-order valence-electron chi connectivity index (χ3n) is 4.57. The van der Waals surface area contributed by atoms with Crippen molar-refractivity contribution in [2.75, 3.05) is 19.6 Å². The third-order valence-corrected chi connectivity index (χ3v) is 4.57. The predicted octanol–water partition coefficient (Wildman–Crippen LogP) is 3.18. The zero-order valence-electron chi connectivity index (χ0n) is 12.7. The minimum absolute atomic E-state index is 0.522. The highest BCUT2D eigenvalue weighted by molar-refractivity contribution is 5.18. The minimum Gasteiger partial charge on any atom is -0.303 e. The molecule has 2 aromatic rings.